The van der Waals surface area contributed by atoms with Crippen LogP contribution < -0.4 is 5.32 Å². The molecule has 0 bridgehead atoms. The summed E-state index contributed by atoms with van der Waals surface area (Å²) < 4.78 is 5.70. The molecule has 7 heteroatoms. The molecular formula is C11H20N2O4S. The van der Waals surface area contributed by atoms with Crippen molar-refractivity contribution < 1.29 is 20.1 Å². The zero-order valence-corrected chi connectivity index (χ0v) is 11.3. The smallest absolute Gasteiger partial charge is 0.159 e. The number of fused-ring (bicyclic) bond motifs is 1. The minimum Gasteiger partial charge on any atom is -0.390 e. The van der Waals surface area contributed by atoms with Crippen molar-refractivity contribution in [1.29, 1.82) is 0 Å². The monoisotopic (exact) mass is 276 g/mol. The Morgan fingerprint density at radius 3 is 2.78 bits per heavy atom. The van der Waals surface area contributed by atoms with Gasteiger partial charge in [-0.05, 0) is 6.42 Å². The number of thioether (sulfide) groups is 1. The van der Waals surface area contributed by atoms with Gasteiger partial charge in [0.05, 0.1) is 12.1 Å². The van der Waals surface area contributed by atoms with Crippen molar-refractivity contribution in [2.45, 2.75) is 55.7 Å². The summed E-state index contributed by atoms with van der Waals surface area (Å²) >= 11 is 1.37. The standard InChI is InChI=1S/C11H20N2O4S/c1-3-4-5(14)9-8(16)7(15)6-10(17-9)18-11(12-2)13-6/h5-10,14-16H,3-4H2,1-2H3,(H,12,13)/t5?,6-,7-,8+,9-,10-/m1/s1. The number of rotatable bonds is 3. The van der Waals surface area contributed by atoms with Crippen molar-refractivity contribution in [1.82, 2.24) is 5.32 Å². The molecule has 6 atom stereocenters. The summed E-state index contributed by atoms with van der Waals surface area (Å²) in [6.07, 6.45) is -2.22. The molecule has 0 aromatic carbocycles. The minimum atomic E-state index is -1.09. The first-order valence-electron chi connectivity index (χ1n) is 6.18. The highest BCUT2D eigenvalue weighted by atomic mass is 32.2. The first-order chi connectivity index (χ1) is 8.58. The number of hydrogen-bond donors (Lipinski definition) is 4. The Morgan fingerprint density at radius 2 is 2.17 bits per heavy atom. The van der Waals surface area contributed by atoms with E-state index < -0.39 is 24.4 Å². The van der Waals surface area contributed by atoms with Crippen LogP contribution >= 0.6 is 11.8 Å². The number of nitrogens with one attached hydrogen (secondary N) is 1. The van der Waals surface area contributed by atoms with Crippen molar-refractivity contribution in [3.05, 3.63) is 0 Å². The zero-order valence-electron chi connectivity index (χ0n) is 10.5. The molecule has 0 spiro atoms. The topological polar surface area (TPSA) is 94.3 Å². The van der Waals surface area contributed by atoms with Gasteiger partial charge in [0, 0.05) is 7.05 Å². The Bertz CT molecular complexity index is 328. The van der Waals surface area contributed by atoms with E-state index in [0.29, 0.717) is 11.6 Å². The summed E-state index contributed by atoms with van der Waals surface area (Å²) in [6, 6.07) is -0.381. The van der Waals surface area contributed by atoms with Crippen LogP contribution in [0.3, 0.4) is 0 Å². The first kappa shape index (κ1) is 14.1. The lowest BCUT2D eigenvalue weighted by molar-refractivity contribution is -0.188. The molecule has 0 aromatic heterocycles. The van der Waals surface area contributed by atoms with Crippen LogP contribution in [0.4, 0.5) is 0 Å². The van der Waals surface area contributed by atoms with Crippen LogP contribution in [0.5, 0.6) is 0 Å². The predicted molar refractivity (Wildman–Crippen MR) is 69.5 cm³/mol. The highest BCUT2D eigenvalue weighted by molar-refractivity contribution is 8.14. The molecule has 1 unspecified atom stereocenters. The van der Waals surface area contributed by atoms with Crippen molar-refractivity contribution in [2.75, 3.05) is 7.05 Å². The Balaban J connectivity index is 2.09. The second kappa shape index (κ2) is 5.75. The van der Waals surface area contributed by atoms with E-state index in [1.54, 1.807) is 7.05 Å². The fourth-order valence-corrected chi connectivity index (χ4v) is 3.41. The summed E-state index contributed by atoms with van der Waals surface area (Å²) in [5.41, 5.74) is -0.321. The van der Waals surface area contributed by atoms with Crippen LogP contribution in [0.15, 0.2) is 4.99 Å². The van der Waals surface area contributed by atoms with Crippen LogP contribution in [-0.2, 0) is 4.74 Å². The van der Waals surface area contributed by atoms with E-state index in [0.717, 1.165) is 6.42 Å². The molecule has 2 aliphatic rings. The fraction of sp³-hybridized carbons (Fsp3) is 0.909. The van der Waals surface area contributed by atoms with Gasteiger partial charge in [0.1, 0.15) is 23.7 Å². The van der Waals surface area contributed by atoms with E-state index in [9.17, 15) is 15.3 Å². The first-order valence-corrected chi connectivity index (χ1v) is 7.06. The molecule has 2 rings (SSSR count). The lowest BCUT2D eigenvalue weighted by atomic mass is 9.93. The van der Waals surface area contributed by atoms with Gasteiger partial charge in [-0.15, -0.1) is 0 Å². The molecule has 0 aromatic rings. The average molecular weight is 276 g/mol. The molecule has 4 N–H and O–H groups in total. The van der Waals surface area contributed by atoms with Gasteiger partial charge in [-0.1, -0.05) is 25.1 Å². The summed E-state index contributed by atoms with van der Waals surface area (Å²) in [5.74, 6) is 0. The molecule has 104 valence electrons. The molecule has 2 heterocycles. The van der Waals surface area contributed by atoms with Crippen LogP contribution in [-0.4, -0.2) is 63.4 Å². The highest BCUT2D eigenvalue weighted by Crippen LogP contribution is 2.35. The summed E-state index contributed by atoms with van der Waals surface area (Å²) in [6.45, 7) is 1.95. The summed E-state index contributed by atoms with van der Waals surface area (Å²) in [4.78, 5) is 4.01. The SMILES string of the molecule is CCCC(O)[C@H]1O[C@@H]2SC(=NC)N[C@@H]2[C@@H](O)[C@@H]1O. The minimum absolute atomic E-state index is 0.321. The number of aliphatic imine (C=N–C) groups is 1. The van der Waals surface area contributed by atoms with Crippen molar-refractivity contribution in [2.24, 2.45) is 4.99 Å². The van der Waals surface area contributed by atoms with E-state index in [1.807, 2.05) is 6.92 Å². The van der Waals surface area contributed by atoms with Gasteiger partial charge >= 0.3 is 0 Å². The van der Waals surface area contributed by atoms with Crippen LogP contribution in [0, 0.1) is 0 Å². The molecule has 0 saturated carbocycles. The van der Waals surface area contributed by atoms with E-state index in [4.69, 9.17) is 4.74 Å². The van der Waals surface area contributed by atoms with Gasteiger partial charge in [0.25, 0.3) is 0 Å². The Hall–Kier alpha value is -0.340. The second-order valence-electron chi connectivity index (χ2n) is 4.62. The molecule has 2 saturated heterocycles. The van der Waals surface area contributed by atoms with E-state index in [1.165, 1.54) is 11.8 Å². The van der Waals surface area contributed by atoms with Gasteiger partial charge in [0.2, 0.25) is 0 Å². The van der Waals surface area contributed by atoms with E-state index in [-0.39, 0.29) is 11.5 Å². The van der Waals surface area contributed by atoms with Gasteiger partial charge in [-0.25, -0.2) is 0 Å². The number of amidine groups is 1. The van der Waals surface area contributed by atoms with E-state index in [2.05, 4.69) is 10.3 Å². The number of nitrogens with zero attached hydrogens (tertiary/aromatic N) is 1. The maximum Gasteiger partial charge on any atom is 0.159 e. The summed E-state index contributed by atoms with van der Waals surface area (Å²) in [7, 11) is 1.65. The maximum atomic E-state index is 10.1. The summed E-state index contributed by atoms with van der Waals surface area (Å²) in [5, 5.41) is 33.7. The van der Waals surface area contributed by atoms with Crippen molar-refractivity contribution in [3.8, 4) is 0 Å². The van der Waals surface area contributed by atoms with Crippen molar-refractivity contribution in [3.63, 3.8) is 0 Å². The quantitative estimate of drug-likeness (QED) is 0.544. The normalized spacial score (nSPS) is 43.6. The Labute approximate surface area is 110 Å². The Kier molecular flexibility index (Phi) is 4.50. The number of ether oxygens (including phenoxy) is 1. The molecule has 18 heavy (non-hydrogen) atoms. The lowest BCUT2D eigenvalue weighted by Gasteiger charge is -2.40. The number of hydrogen-bond acceptors (Lipinski definition) is 6. The average Bonchev–Trinajstić information content (AvgIpc) is 2.77. The van der Waals surface area contributed by atoms with Crippen molar-refractivity contribution >= 4 is 16.9 Å². The van der Waals surface area contributed by atoms with Gasteiger partial charge in [-0.2, -0.15) is 0 Å². The third-order valence-corrected chi connectivity index (χ3v) is 4.48. The largest absolute Gasteiger partial charge is 0.390 e. The molecule has 2 aliphatic heterocycles. The van der Waals surface area contributed by atoms with Gasteiger partial charge in [-0.3, -0.25) is 4.99 Å². The van der Waals surface area contributed by atoms with E-state index >= 15 is 0 Å². The fourth-order valence-electron chi connectivity index (χ4n) is 2.32. The van der Waals surface area contributed by atoms with Gasteiger partial charge in [0.15, 0.2) is 5.17 Å². The molecule has 0 amide bonds. The predicted octanol–water partition coefficient (Wildman–Crippen LogP) is -0.715. The zero-order chi connectivity index (χ0) is 13.3. The molecule has 0 radical (unpaired) electrons. The maximum absolute atomic E-state index is 10.1. The molecule has 2 fully saturated rings. The lowest BCUT2D eigenvalue weighted by Crippen LogP contribution is -2.61. The van der Waals surface area contributed by atoms with Crippen LogP contribution in [0.25, 0.3) is 0 Å². The molecular weight excluding hydrogens is 256 g/mol. The second-order valence-corrected chi connectivity index (χ2v) is 5.71. The van der Waals surface area contributed by atoms with Gasteiger partial charge < -0.3 is 25.4 Å². The Morgan fingerprint density at radius 1 is 1.44 bits per heavy atom. The highest BCUT2D eigenvalue weighted by Gasteiger charge is 2.50. The third kappa shape index (κ3) is 2.50. The third-order valence-electron chi connectivity index (χ3n) is 3.32. The molecule has 6 nitrogen and oxygen atoms in total. The van der Waals surface area contributed by atoms with Crippen LogP contribution in [0.1, 0.15) is 19.8 Å². The number of aliphatic hydroxyl groups is 3. The van der Waals surface area contributed by atoms with Crippen LogP contribution in [0.2, 0.25) is 0 Å². The number of aliphatic hydroxyl groups excluding tert-OH is 3. The molecule has 0 aliphatic carbocycles.